The molecule has 0 aliphatic carbocycles. The SMILES string of the molecule is O=C(O)CCc1c(O)c(O)cc(Cl)c1F. The van der Waals surface area contributed by atoms with Gasteiger partial charge in [0.15, 0.2) is 11.5 Å². The molecule has 1 aromatic carbocycles. The number of hydrogen-bond donors (Lipinski definition) is 3. The zero-order valence-electron chi connectivity index (χ0n) is 7.50. The summed E-state index contributed by atoms with van der Waals surface area (Å²) < 4.78 is 13.3. The van der Waals surface area contributed by atoms with Crippen LogP contribution in [0.3, 0.4) is 0 Å². The first kappa shape index (κ1) is 11.6. The van der Waals surface area contributed by atoms with E-state index >= 15 is 0 Å². The third-order valence-corrected chi connectivity index (χ3v) is 2.13. The molecule has 0 spiro atoms. The first-order valence-corrected chi connectivity index (χ1v) is 4.42. The van der Waals surface area contributed by atoms with E-state index in [1.165, 1.54) is 0 Å². The fraction of sp³-hybridized carbons (Fsp3) is 0.222. The molecule has 4 nitrogen and oxygen atoms in total. The van der Waals surface area contributed by atoms with Crippen LogP contribution in [0.5, 0.6) is 11.5 Å². The van der Waals surface area contributed by atoms with Gasteiger partial charge in [-0.3, -0.25) is 4.79 Å². The molecule has 0 aromatic heterocycles. The number of carbonyl (C=O) groups is 1. The molecular formula is C9H8ClFO4. The van der Waals surface area contributed by atoms with Gasteiger partial charge in [-0.2, -0.15) is 0 Å². The number of halogens is 2. The molecule has 0 aliphatic rings. The minimum atomic E-state index is -1.13. The molecule has 0 radical (unpaired) electrons. The second-order valence-electron chi connectivity index (χ2n) is 2.91. The lowest BCUT2D eigenvalue weighted by atomic mass is 10.1. The van der Waals surface area contributed by atoms with Gasteiger partial charge in [-0.25, -0.2) is 4.39 Å². The Balaban J connectivity index is 3.09. The summed E-state index contributed by atoms with van der Waals surface area (Å²) in [6, 6.07) is 0.858. The van der Waals surface area contributed by atoms with Crippen LogP contribution in [0.25, 0.3) is 0 Å². The van der Waals surface area contributed by atoms with Crippen molar-refractivity contribution in [3.63, 3.8) is 0 Å². The summed E-state index contributed by atoms with van der Waals surface area (Å²) in [6.07, 6.45) is -0.592. The van der Waals surface area contributed by atoms with E-state index in [9.17, 15) is 14.3 Å². The Hall–Kier alpha value is -1.49. The molecule has 82 valence electrons. The quantitative estimate of drug-likeness (QED) is 0.698. The van der Waals surface area contributed by atoms with Gasteiger partial charge in [-0.1, -0.05) is 11.6 Å². The lowest BCUT2D eigenvalue weighted by Gasteiger charge is -2.07. The second-order valence-corrected chi connectivity index (χ2v) is 3.32. The molecule has 0 saturated carbocycles. The minimum Gasteiger partial charge on any atom is -0.504 e. The van der Waals surface area contributed by atoms with Gasteiger partial charge < -0.3 is 15.3 Å². The Bertz CT molecular complexity index is 379. The highest BCUT2D eigenvalue weighted by Crippen LogP contribution is 2.36. The molecule has 1 rings (SSSR count). The van der Waals surface area contributed by atoms with E-state index in [4.69, 9.17) is 21.8 Å². The molecule has 1 aromatic rings. The lowest BCUT2D eigenvalue weighted by molar-refractivity contribution is -0.136. The highest BCUT2D eigenvalue weighted by atomic mass is 35.5. The number of phenols is 2. The van der Waals surface area contributed by atoms with Crippen molar-refractivity contribution in [3.05, 3.63) is 22.5 Å². The number of carboxylic acid groups (broad SMARTS) is 1. The monoisotopic (exact) mass is 234 g/mol. The van der Waals surface area contributed by atoms with Crippen molar-refractivity contribution in [3.8, 4) is 11.5 Å². The maximum atomic E-state index is 13.3. The van der Waals surface area contributed by atoms with E-state index < -0.39 is 23.3 Å². The molecule has 0 unspecified atom stereocenters. The Morgan fingerprint density at radius 2 is 2.07 bits per heavy atom. The van der Waals surface area contributed by atoms with Gasteiger partial charge in [0.05, 0.1) is 5.02 Å². The largest absolute Gasteiger partial charge is 0.504 e. The normalized spacial score (nSPS) is 10.3. The van der Waals surface area contributed by atoms with Gasteiger partial charge in [0.1, 0.15) is 5.82 Å². The van der Waals surface area contributed by atoms with E-state index in [-0.39, 0.29) is 23.4 Å². The molecule has 3 N–H and O–H groups in total. The number of benzene rings is 1. The average molecular weight is 235 g/mol. The van der Waals surface area contributed by atoms with Gasteiger partial charge in [-0.05, 0) is 6.42 Å². The van der Waals surface area contributed by atoms with Crippen molar-refractivity contribution < 1.29 is 24.5 Å². The van der Waals surface area contributed by atoms with Gasteiger partial charge in [0.25, 0.3) is 0 Å². The molecule has 0 bridgehead atoms. The van der Waals surface area contributed by atoms with Crippen molar-refractivity contribution in [2.45, 2.75) is 12.8 Å². The molecule has 0 heterocycles. The fourth-order valence-electron chi connectivity index (χ4n) is 1.11. The summed E-state index contributed by atoms with van der Waals surface area (Å²) >= 11 is 5.41. The predicted octanol–water partition coefficient (Wildman–Crippen LogP) is 1.91. The minimum absolute atomic E-state index is 0.235. The van der Waals surface area contributed by atoms with Crippen LogP contribution in [-0.4, -0.2) is 21.3 Å². The first-order chi connectivity index (χ1) is 6.93. The van der Waals surface area contributed by atoms with Crippen molar-refractivity contribution in [2.75, 3.05) is 0 Å². The topological polar surface area (TPSA) is 77.8 Å². The van der Waals surface area contributed by atoms with Crippen molar-refractivity contribution in [1.29, 1.82) is 0 Å². The maximum absolute atomic E-state index is 13.3. The number of hydrogen-bond acceptors (Lipinski definition) is 3. The van der Waals surface area contributed by atoms with E-state index in [2.05, 4.69) is 0 Å². The number of carboxylic acids is 1. The summed E-state index contributed by atoms with van der Waals surface area (Å²) in [5, 5.41) is 26.4. The molecule has 0 amide bonds. The smallest absolute Gasteiger partial charge is 0.303 e. The molecule has 6 heteroatoms. The number of aromatic hydroxyl groups is 2. The second kappa shape index (κ2) is 4.35. The zero-order chi connectivity index (χ0) is 11.6. The van der Waals surface area contributed by atoms with Gasteiger partial charge >= 0.3 is 5.97 Å². The molecule has 0 atom stereocenters. The summed E-state index contributed by atoms with van der Waals surface area (Å²) in [4.78, 5) is 10.3. The highest BCUT2D eigenvalue weighted by molar-refractivity contribution is 6.31. The first-order valence-electron chi connectivity index (χ1n) is 4.04. The summed E-state index contributed by atoms with van der Waals surface area (Å²) in [6.45, 7) is 0. The van der Waals surface area contributed by atoms with Crippen LogP contribution < -0.4 is 0 Å². The van der Waals surface area contributed by atoms with Crippen LogP contribution >= 0.6 is 11.6 Å². The molecular weight excluding hydrogens is 227 g/mol. The van der Waals surface area contributed by atoms with E-state index in [1.807, 2.05) is 0 Å². The van der Waals surface area contributed by atoms with Crippen molar-refractivity contribution >= 4 is 17.6 Å². The standard InChI is InChI=1S/C9H8ClFO4/c10-5-3-6(12)9(15)4(8(5)11)1-2-7(13)14/h3,12,15H,1-2H2,(H,13,14). The van der Waals surface area contributed by atoms with Crippen LogP contribution in [-0.2, 0) is 11.2 Å². The Labute approximate surface area is 89.5 Å². The molecule has 0 saturated heterocycles. The van der Waals surface area contributed by atoms with Crippen LogP contribution in [0, 0.1) is 5.82 Å². The number of phenolic OH excluding ortho intramolecular Hbond substituents is 2. The average Bonchev–Trinajstić information content (AvgIpc) is 2.14. The van der Waals surface area contributed by atoms with Crippen LogP contribution in [0.2, 0.25) is 5.02 Å². The Morgan fingerprint density at radius 1 is 1.47 bits per heavy atom. The van der Waals surface area contributed by atoms with Gasteiger partial charge in [0.2, 0.25) is 0 Å². The summed E-state index contributed by atoms with van der Waals surface area (Å²) in [5.74, 6) is -3.28. The number of rotatable bonds is 3. The molecule has 15 heavy (non-hydrogen) atoms. The van der Waals surface area contributed by atoms with E-state index in [0.29, 0.717) is 0 Å². The predicted molar refractivity (Wildman–Crippen MR) is 50.7 cm³/mol. The van der Waals surface area contributed by atoms with E-state index in [0.717, 1.165) is 6.07 Å². The lowest BCUT2D eigenvalue weighted by Crippen LogP contribution is -2.00. The molecule has 0 fully saturated rings. The van der Waals surface area contributed by atoms with Crippen LogP contribution in [0.1, 0.15) is 12.0 Å². The van der Waals surface area contributed by atoms with Crippen molar-refractivity contribution in [2.24, 2.45) is 0 Å². The Kier molecular flexibility index (Phi) is 3.36. The third-order valence-electron chi connectivity index (χ3n) is 1.86. The fourth-order valence-corrected chi connectivity index (χ4v) is 1.33. The summed E-state index contributed by atoms with van der Waals surface area (Å²) in [7, 11) is 0. The summed E-state index contributed by atoms with van der Waals surface area (Å²) in [5.41, 5.74) is -0.289. The highest BCUT2D eigenvalue weighted by Gasteiger charge is 2.17. The number of aliphatic carboxylic acids is 1. The van der Waals surface area contributed by atoms with Crippen LogP contribution in [0.15, 0.2) is 6.07 Å². The Morgan fingerprint density at radius 3 is 2.60 bits per heavy atom. The maximum Gasteiger partial charge on any atom is 0.303 e. The van der Waals surface area contributed by atoms with Crippen LogP contribution in [0.4, 0.5) is 4.39 Å². The van der Waals surface area contributed by atoms with Crippen molar-refractivity contribution in [1.82, 2.24) is 0 Å². The van der Waals surface area contributed by atoms with Gasteiger partial charge in [0, 0.05) is 18.1 Å². The zero-order valence-corrected chi connectivity index (χ0v) is 8.25. The third kappa shape index (κ3) is 2.50. The van der Waals surface area contributed by atoms with Gasteiger partial charge in [-0.15, -0.1) is 0 Å². The van der Waals surface area contributed by atoms with E-state index in [1.54, 1.807) is 0 Å². The molecule has 0 aliphatic heterocycles.